The largest absolute Gasteiger partial charge is 0.257 e. The highest BCUT2D eigenvalue weighted by Gasteiger charge is 2.46. The molecule has 3 unspecified atom stereocenters. The van der Waals surface area contributed by atoms with Gasteiger partial charge in [0.2, 0.25) is 5.16 Å². The van der Waals surface area contributed by atoms with E-state index in [1.807, 2.05) is 11.8 Å². The number of thioether (sulfide) groups is 2. The molecule has 0 aliphatic carbocycles. The van der Waals surface area contributed by atoms with Gasteiger partial charge in [-0.25, -0.2) is 10.1 Å². The molecule has 5 rings (SSSR count). The van der Waals surface area contributed by atoms with Gasteiger partial charge in [-0.3, -0.25) is 10.4 Å². The molecule has 0 radical (unpaired) electrons. The number of benzene rings is 1. The van der Waals surface area contributed by atoms with Crippen molar-refractivity contribution in [2.24, 2.45) is 11.8 Å². The second-order valence-electron chi connectivity index (χ2n) is 7.32. The summed E-state index contributed by atoms with van der Waals surface area (Å²) in [6, 6.07) is 11.0. The van der Waals surface area contributed by atoms with Crippen molar-refractivity contribution in [2.75, 3.05) is 11.6 Å². The zero-order valence-corrected chi connectivity index (χ0v) is 16.4. The monoisotopic (exact) mass is 386 g/mol. The molecular weight excluding hydrogens is 364 g/mol. The number of hydrazine groups is 1. The molecule has 3 aliphatic rings. The van der Waals surface area contributed by atoms with E-state index >= 15 is 0 Å². The van der Waals surface area contributed by atoms with E-state index in [0.717, 1.165) is 23.9 Å². The highest BCUT2D eigenvalue weighted by molar-refractivity contribution is 8.07. The zero-order valence-electron chi connectivity index (χ0n) is 14.8. The Kier molecular flexibility index (Phi) is 4.23. The molecule has 26 heavy (non-hydrogen) atoms. The molecule has 8 heteroatoms. The summed E-state index contributed by atoms with van der Waals surface area (Å²) in [4.78, 5) is 0. The highest BCUT2D eigenvalue weighted by Crippen LogP contribution is 2.49. The van der Waals surface area contributed by atoms with Gasteiger partial charge >= 0.3 is 0 Å². The Morgan fingerprint density at radius 1 is 1.23 bits per heavy atom. The Morgan fingerprint density at radius 2 is 2.08 bits per heavy atom. The maximum atomic E-state index is 4.46. The maximum Gasteiger partial charge on any atom is 0.216 e. The number of hydrogen-bond acceptors (Lipinski definition) is 7. The average Bonchev–Trinajstić information content (AvgIpc) is 3.37. The van der Waals surface area contributed by atoms with Crippen molar-refractivity contribution < 1.29 is 0 Å². The van der Waals surface area contributed by atoms with Crippen LogP contribution in [0.1, 0.15) is 31.3 Å². The van der Waals surface area contributed by atoms with Gasteiger partial charge in [0.05, 0.1) is 6.04 Å². The topological polar surface area (TPSA) is 58.0 Å². The second-order valence-corrected chi connectivity index (χ2v) is 9.29. The number of fused-ring (bicyclic) bond motifs is 3. The van der Waals surface area contributed by atoms with E-state index in [2.05, 4.69) is 80.3 Å². The van der Waals surface area contributed by atoms with Gasteiger partial charge in [-0.2, -0.15) is 0 Å². The Morgan fingerprint density at radius 3 is 2.88 bits per heavy atom. The van der Waals surface area contributed by atoms with E-state index in [9.17, 15) is 0 Å². The number of aromatic nitrogens is 3. The first-order valence-electron chi connectivity index (χ1n) is 9.03. The second kappa shape index (κ2) is 6.60. The van der Waals surface area contributed by atoms with Crippen LogP contribution in [0.25, 0.3) is 0 Å². The molecule has 1 aromatic carbocycles. The summed E-state index contributed by atoms with van der Waals surface area (Å²) >= 11 is 3.64. The van der Waals surface area contributed by atoms with Crippen LogP contribution in [0.5, 0.6) is 0 Å². The van der Waals surface area contributed by atoms with Crippen LogP contribution in [-0.4, -0.2) is 26.8 Å². The molecule has 2 N–H and O–H groups in total. The summed E-state index contributed by atoms with van der Waals surface area (Å²) in [7, 11) is 0. The molecular formula is C18H22N6S2. The minimum atomic E-state index is 0.292. The Hall–Kier alpha value is -1.48. The SMILES string of the molecule is CC(C)Cc1nnc2n1N1C(=CSC1C1CNNC1c1ccccc1)S2. The summed E-state index contributed by atoms with van der Waals surface area (Å²) in [5.41, 5.74) is 8.19. The fourth-order valence-electron chi connectivity index (χ4n) is 3.86. The number of hydrogen-bond donors (Lipinski definition) is 2. The van der Waals surface area contributed by atoms with E-state index in [1.165, 1.54) is 10.6 Å². The molecule has 0 spiro atoms. The third-order valence-electron chi connectivity index (χ3n) is 5.00. The number of nitrogens with one attached hydrogen (secondary N) is 2. The van der Waals surface area contributed by atoms with Gasteiger partial charge in [0, 0.05) is 24.3 Å². The zero-order chi connectivity index (χ0) is 17.7. The summed E-state index contributed by atoms with van der Waals surface area (Å²) < 4.78 is 2.25. The van der Waals surface area contributed by atoms with Gasteiger partial charge < -0.3 is 0 Å². The molecule has 0 amide bonds. The Balaban J connectivity index is 1.47. The average molecular weight is 387 g/mol. The Labute approximate surface area is 161 Å². The normalized spacial score (nSPS) is 27.1. The molecule has 136 valence electrons. The van der Waals surface area contributed by atoms with Gasteiger partial charge in [0.1, 0.15) is 10.4 Å². The molecule has 2 aromatic rings. The summed E-state index contributed by atoms with van der Waals surface area (Å²) in [6.45, 7) is 5.40. The van der Waals surface area contributed by atoms with Crippen LogP contribution in [0.15, 0.2) is 45.9 Å². The van der Waals surface area contributed by atoms with E-state index in [4.69, 9.17) is 0 Å². The van der Waals surface area contributed by atoms with Gasteiger partial charge in [-0.15, -0.1) is 22.0 Å². The molecule has 6 nitrogen and oxygen atoms in total. The first kappa shape index (κ1) is 16.7. The van der Waals surface area contributed by atoms with Gasteiger partial charge in [0.25, 0.3) is 0 Å². The molecule has 0 saturated carbocycles. The van der Waals surface area contributed by atoms with E-state index in [-0.39, 0.29) is 0 Å². The third kappa shape index (κ3) is 2.67. The minimum absolute atomic E-state index is 0.292. The van der Waals surface area contributed by atoms with Crippen LogP contribution in [-0.2, 0) is 6.42 Å². The quantitative estimate of drug-likeness (QED) is 0.838. The fraction of sp³-hybridized carbons (Fsp3) is 0.444. The van der Waals surface area contributed by atoms with E-state index in [0.29, 0.717) is 23.3 Å². The standard InChI is InChI=1S/C18H22N6S2/c1-11(2)8-14-20-22-18-23(14)24-15(26-18)10-25-17(24)13-9-19-21-16(13)12-6-4-3-5-7-12/h3-7,10-11,13,16-17,19,21H,8-9H2,1-2H3. The number of rotatable bonds is 4. The van der Waals surface area contributed by atoms with Crippen LogP contribution >= 0.6 is 23.5 Å². The molecule has 3 aliphatic heterocycles. The predicted octanol–water partition coefficient (Wildman–Crippen LogP) is 2.86. The molecule has 1 fully saturated rings. The van der Waals surface area contributed by atoms with Gasteiger partial charge in [0.15, 0.2) is 5.82 Å². The molecule has 1 saturated heterocycles. The first-order chi connectivity index (χ1) is 12.7. The lowest BCUT2D eigenvalue weighted by atomic mass is 9.94. The predicted molar refractivity (Wildman–Crippen MR) is 106 cm³/mol. The van der Waals surface area contributed by atoms with E-state index < -0.39 is 0 Å². The van der Waals surface area contributed by atoms with E-state index in [1.54, 1.807) is 11.8 Å². The van der Waals surface area contributed by atoms with Crippen LogP contribution in [0.2, 0.25) is 0 Å². The lowest BCUT2D eigenvalue weighted by Gasteiger charge is -2.32. The van der Waals surface area contributed by atoms with Crippen molar-refractivity contribution in [2.45, 2.75) is 36.8 Å². The van der Waals surface area contributed by atoms with Crippen molar-refractivity contribution in [3.63, 3.8) is 0 Å². The van der Waals surface area contributed by atoms with Crippen molar-refractivity contribution in [3.05, 3.63) is 52.2 Å². The van der Waals surface area contributed by atoms with Crippen LogP contribution in [0.4, 0.5) is 0 Å². The van der Waals surface area contributed by atoms with Crippen molar-refractivity contribution in [3.8, 4) is 0 Å². The van der Waals surface area contributed by atoms with Crippen molar-refractivity contribution in [1.29, 1.82) is 0 Å². The number of nitrogens with zero attached hydrogens (tertiary/aromatic N) is 4. The smallest absolute Gasteiger partial charge is 0.216 e. The summed E-state index contributed by atoms with van der Waals surface area (Å²) in [5.74, 6) is 2.06. The van der Waals surface area contributed by atoms with Crippen LogP contribution in [0.3, 0.4) is 0 Å². The van der Waals surface area contributed by atoms with Crippen molar-refractivity contribution in [1.82, 2.24) is 25.7 Å². The summed E-state index contributed by atoms with van der Waals surface area (Å²) in [6.07, 6.45) is 0.942. The maximum absolute atomic E-state index is 4.46. The van der Waals surface area contributed by atoms with Crippen LogP contribution < -0.4 is 15.9 Å². The van der Waals surface area contributed by atoms with Gasteiger partial charge in [-0.05, 0) is 23.2 Å². The Bertz CT molecular complexity index is 833. The highest BCUT2D eigenvalue weighted by atomic mass is 32.2. The molecule has 4 heterocycles. The fourth-order valence-corrected chi connectivity index (χ4v) is 6.27. The summed E-state index contributed by atoms with van der Waals surface area (Å²) in [5, 5.41) is 16.2. The third-order valence-corrected chi connectivity index (χ3v) is 7.29. The van der Waals surface area contributed by atoms with Crippen molar-refractivity contribution >= 4 is 23.5 Å². The molecule has 3 atom stereocenters. The lowest BCUT2D eigenvalue weighted by molar-refractivity contribution is 0.419. The molecule has 1 aromatic heterocycles. The van der Waals surface area contributed by atoms with Gasteiger partial charge in [-0.1, -0.05) is 44.2 Å². The first-order valence-corrected chi connectivity index (χ1v) is 10.8. The molecule has 0 bridgehead atoms. The van der Waals surface area contributed by atoms with Crippen LogP contribution in [0, 0.1) is 11.8 Å². The minimum Gasteiger partial charge on any atom is -0.257 e. The lowest BCUT2D eigenvalue weighted by Crippen LogP contribution is -2.43.